The second-order valence-corrected chi connectivity index (χ2v) is 8.33. The smallest absolute Gasteiger partial charge is 0.263 e. The lowest BCUT2D eigenvalue weighted by Gasteiger charge is -2.13. The van der Waals surface area contributed by atoms with Crippen molar-refractivity contribution in [3.05, 3.63) is 33.4 Å². The van der Waals surface area contributed by atoms with Gasteiger partial charge in [0.05, 0.1) is 11.1 Å². The molecule has 0 aromatic carbocycles. The lowest BCUT2D eigenvalue weighted by atomic mass is 10.2. The van der Waals surface area contributed by atoms with Crippen LogP contribution in [0.3, 0.4) is 0 Å². The van der Waals surface area contributed by atoms with E-state index >= 15 is 0 Å². The first-order valence-corrected chi connectivity index (χ1v) is 10.4. The summed E-state index contributed by atoms with van der Waals surface area (Å²) in [6.07, 6.45) is 5.71. The Morgan fingerprint density at radius 1 is 1.52 bits per heavy atom. The highest BCUT2D eigenvalue weighted by Crippen LogP contribution is 2.35. The molecule has 5 nitrogen and oxygen atoms in total. The van der Waals surface area contributed by atoms with Gasteiger partial charge in [0.2, 0.25) is 5.91 Å². The molecule has 0 fully saturated rings. The van der Waals surface area contributed by atoms with Gasteiger partial charge in [-0.15, -0.1) is 17.9 Å². The number of nitrogens with one attached hydrogen (secondary N) is 1. The Balaban J connectivity index is 1.92. The number of aromatic nitrogens is 2. The molecule has 0 bridgehead atoms. The molecule has 0 aliphatic heterocycles. The maximum absolute atomic E-state index is 13.0. The fraction of sp³-hybridized carbons (Fsp3) is 0.500. The molecule has 0 saturated carbocycles. The van der Waals surface area contributed by atoms with Crippen LogP contribution in [0.2, 0.25) is 0 Å². The molecule has 25 heavy (non-hydrogen) atoms. The Labute approximate surface area is 155 Å². The predicted octanol–water partition coefficient (Wildman–Crippen LogP) is 3.14. The minimum atomic E-state index is -0.0347. The van der Waals surface area contributed by atoms with Gasteiger partial charge in [-0.2, -0.15) is 0 Å². The highest BCUT2D eigenvalue weighted by molar-refractivity contribution is 7.99. The Kier molecular flexibility index (Phi) is 5.64. The molecule has 2 aromatic heterocycles. The zero-order valence-corrected chi connectivity index (χ0v) is 16.3. The third-order valence-corrected chi connectivity index (χ3v) is 6.62. The van der Waals surface area contributed by atoms with Gasteiger partial charge in [-0.25, -0.2) is 4.98 Å². The minimum absolute atomic E-state index is 0.00543. The van der Waals surface area contributed by atoms with Crippen LogP contribution in [0.5, 0.6) is 0 Å². The van der Waals surface area contributed by atoms with E-state index < -0.39 is 0 Å². The van der Waals surface area contributed by atoms with E-state index in [9.17, 15) is 9.59 Å². The second kappa shape index (κ2) is 7.74. The number of rotatable bonds is 7. The van der Waals surface area contributed by atoms with Crippen molar-refractivity contribution >= 4 is 39.2 Å². The van der Waals surface area contributed by atoms with Crippen molar-refractivity contribution in [3.63, 3.8) is 0 Å². The summed E-state index contributed by atoms with van der Waals surface area (Å²) in [7, 11) is 0. The number of nitrogens with zero attached hydrogens (tertiary/aromatic N) is 2. The first kappa shape index (κ1) is 18.2. The summed E-state index contributed by atoms with van der Waals surface area (Å²) < 4.78 is 1.64. The summed E-state index contributed by atoms with van der Waals surface area (Å²) in [6.45, 7) is 8.17. The topological polar surface area (TPSA) is 64.0 Å². The number of hydrogen-bond acceptors (Lipinski definition) is 5. The highest BCUT2D eigenvalue weighted by Gasteiger charge is 2.23. The van der Waals surface area contributed by atoms with Gasteiger partial charge in [0.1, 0.15) is 4.83 Å². The number of thioether (sulfide) groups is 1. The van der Waals surface area contributed by atoms with Crippen molar-refractivity contribution in [1.29, 1.82) is 0 Å². The van der Waals surface area contributed by atoms with Crippen LogP contribution in [0.4, 0.5) is 0 Å². The van der Waals surface area contributed by atoms with Gasteiger partial charge in [0.15, 0.2) is 5.16 Å². The number of hydrogen-bond donors (Lipinski definition) is 1. The zero-order valence-electron chi connectivity index (χ0n) is 14.6. The van der Waals surface area contributed by atoms with Crippen LogP contribution < -0.4 is 10.9 Å². The number of thiophene rings is 1. The number of amides is 1. The van der Waals surface area contributed by atoms with E-state index in [1.165, 1.54) is 22.2 Å². The summed E-state index contributed by atoms with van der Waals surface area (Å²) in [5, 5.41) is 4.31. The molecule has 1 aliphatic rings. The van der Waals surface area contributed by atoms with Crippen LogP contribution in [0, 0.1) is 0 Å². The molecule has 2 aromatic rings. The Morgan fingerprint density at radius 3 is 3.04 bits per heavy atom. The molecule has 1 N–H and O–H groups in total. The third-order valence-electron chi connectivity index (χ3n) is 4.45. The van der Waals surface area contributed by atoms with Gasteiger partial charge in [-0.1, -0.05) is 24.8 Å². The molecule has 1 atom stereocenters. The Morgan fingerprint density at radius 2 is 2.32 bits per heavy atom. The number of carbonyl (C=O) groups is 1. The number of carbonyl (C=O) groups excluding carboxylic acids is 1. The molecule has 1 aliphatic carbocycles. The van der Waals surface area contributed by atoms with Gasteiger partial charge in [0.25, 0.3) is 5.56 Å². The van der Waals surface area contributed by atoms with Crippen molar-refractivity contribution in [3.8, 4) is 0 Å². The number of allylic oxidation sites excluding steroid dienone is 1. The molecular formula is C18H23N3O2S2. The van der Waals surface area contributed by atoms with E-state index in [1.807, 2.05) is 13.8 Å². The average Bonchev–Trinajstić information content (AvgIpc) is 3.16. The second-order valence-electron chi connectivity index (χ2n) is 6.30. The molecule has 0 spiro atoms. The molecule has 0 radical (unpaired) electrons. The summed E-state index contributed by atoms with van der Waals surface area (Å²) in [5.41, 5.74) is 1.18. The van der Waals surface area contributed by atoms with Gasteiger partial charge >= 0.3 is 0 Å². The first-order valence-electron chi connectivity index (χ1n) is 8.63. The van der Waals surface area contributed by atoms with Gasteiger partial charge in [-0.05, 0) is 38.2 Å². The predicted molar refractivity (Wildman–Crippen MR) is 105 cm³/mol. The van der Waals surface area contributed by atoms with Crippen LogP contribution in [-0.4, -0.2) is 27.3 Å². The van der Waals surface area contributed by atoms with E-state index in [-0.39, 0.29) is 23.3 Å². The van der Waals surface area contributed by atoms with Crippen molar-refractivity contribution < 1.29 is 4.79 Å². The fourth-order valence-electron chi connectivity index (χ4n) is 3.01. The monoisotopic (exact) mass is 377 g/mol. The van der Waals surface area contributed by atoms with Crippen LogP contribution >= 0.6 is 23.1 Å². The molecule has 7 heteroatoms. The van der Waals surface area contributed by atoms with Crippen LogP contribution in [0.15, 0.2) is 22.6 Å². The summed E-state index contributed by atoms with van der Waals surface area (Å²) in [6, 6.07) is 0.152. The van der Waals surface area contributed by atoms with Crippen molar-refractivity contribution in [1.82, 2.24) is 14.9 Å². The molecule has 0 unspecified atom stereocenters. The third kappa shape index (κ3) is 3.67. The SMILES string of the molecule is C=CCn1c(SCC(=O)N[C@@H](C)CC)nc2sc3c(c2c1=O)CCC3. The minimum Gasteiger partial charge on any atom is -0.353 e. The highest BCUT2D eigenvalue weighted by atomic mass is 32.2. The Bertz CT molecular complexity index is 869. The van der Waals surface area contributed by atoms with Crippen molar-refractivity contribution in [2.24, 2.45) is 0 Å². The summed E-state index contributed by atoms with van der Waals surface area (Å²) in [4.78, 5) is 31.9. The van der Waals surface area contributed by atoms with Crippen LogP contribution in [-0.2, 0) is 24.2 Å². The average molecular weight is 378 g/mol. The van der Waals surface area contributed by atoms with Crippen molar-refractivity contribution in [2.75, 3.05) is 5.75 Å². The van der Waals surface area contributed by atoms with Crippen LogP contribution in [0.1, 0.15) is 37.1 Å². The largest absolute Gasteiger partial charge is 0.353 e. The summed E-state index contributed by atoms with van der Waals surface area (Å²) >= 11 is 2.94. The van der Waals surface area contributed by atoms with E-state index in [4.69, 9.17) is 4.98 Å². The molecule has 1 amide bonds. The molecular weight excluding hydrogens is 354 g/mol. The van der Waals surface area contributed by atoms with Crippen LogP contribution in [0.25, 0.3) is 10.2 Å². The lowest BCUT2D eigenvalue weighted by Crippen LogP contribution is -2.33. The maximum Gasteiger partial charge on any atom is 0.263 e. The van der Waals surface area contributed by atoms with Gasteiger partial charge in [-0.3, -0.25) is 14.2 Å². The normalized spacial score (nSPS) is 14.5. The summed E-state index contributed by atoms with van der Waals surface area (Å²) in [5.74, 6) is 0.220. The molecule has 0 saturated heterocycles. The molecule has 134 valence electrons. The number of aryl methyl sites for hydroxylation is 2. The van der Waals surface area contributed by atoms with E-state index in [2.05, 4.69) is 11.9 Å². The van der Waals surface area contributed by atoms with E-state index in [0.717, 1.165) is 35.9 Å². The fourth-order valence-corrected chi connectivity index (χ4v) is 5.13. The van der Waals surface area contributed by atoms with Gasteiger partial charge < -0.3 is 5.32 Å². The van der Waals surface area contributed by atoms with E-state index in [1.54, 1.807) is 22.0 Å². The molecule has 3 rings (SSSR count). The van der Waals surface area contributed by atoms with E-state index in [0.29, 0.717) is 11.7 Å². The standard InChI is InChI=1S/C18H23N3O2S2/c1-4-9-21-17(23)15-12-7-6-8-13(12)25-16(15)20-18(21)24-10-14(22)19-11(3)5-2/h4,11H,1,5-10H2,2-3H3,(H,19,22)/t11-/m0/s1. The Hall–Kier alpha value is -1.60. The first-order chi connectivity index (χ1) is 12.0. The quantitative estimate of drug-likeness (QED) is 0.457. The lowest BCUT2D eigenvalue weighted by molar-refractivity contribution is -0.119. The zero-order chi connectivity index (χ0) is 18.0. The number of fused-ring (bicyclic) bond motifs is 3. The molecule has 2 heterocycles. The van der Waals surface area contributed by atoms with Crippen molar-refractivity contribution in [2.45, 2.75) is 57.3 Å². The maximum atomic E-state index is 13.0. The van der Waals surface area contributed by atoms with Gasteiger partial charge in [0, 0.05) is 17.5 Å².